The van der Waals surface area contributed by atoms with E-state index in [1.54, 1.807) is 0 Å². The van der Waals surface area contributed by atoms with E-state index in [2.05, 4.69) is 9.97 Å². The van der Waals surface area contributed by atoms with Crippen molar-refractivity contribution in [2.75, 3.05) is 6.61 Å². The summed E-state index contributed by atoms with van der Waals surface area (Å²) >= 11 is 0. The van der Waals surface area contributed by atoms with Crippen LogP contribution in [-0.2, 0) is 24.0 Å². The van der Waals surface area contributed by atoms with Crippen LogP contribution in [0.15, 0.2) is 4.79 Å². The Morgan fingerprint density at radius 2 is 2.11 bits per heavy atom. The number of hydrogen-bond acceptors (Lipinski definition) is 3. The Balaban J connectivity index is 1.85. The predicted molar refractivity (Wildman–Crippen MR) is 68.8 cm³/mol. The smallest absolute Gasteiger partial charge is 0.254 e. The van der Waals surface area contributed by atoms with Gasteiger partial charge in [0.05, 0.1) is 11.8 Å². The van der Waals surface area contributed by atoms with Gasteiger partial charge < -0.3 is 9.72 Å². The van der Waals surface area contributed by atoms with Gasteiger partial charge in [-0.3, -0.25) is 4.79 Å². The van der Waals surface area contributed by atoms with Crippen molar-refractivity contribution < 1.29 is 4.74 Å². The summed E-state index contributed by atoms with van der Waals surface area (Å²) in [6.45, 7) is 0.847. The molecule has 0 amide bonds. The maximum atomic E-state index is 12.1. The summed E-state index contributed by atoms with van der Waals surface area (Å²) in [5.74, 6) is 0.813. The van der Waals surface area contributed by atoms with Crippen LogP contribution in [0.2, 0.25) is 0 Å². The molecular formula is C14H20N2O2. The molecule has 1 aromatic rings. The van der Waals surface area contributed by atoms with Crippen molar-refractivity contribution >= 4 is 0 Å². The molecule has 1 aliphatic carbocycles. The summed E-state index contributed by atoms with van der Waals surface area (Å²) in [6.07, 6.45) is 8.53. The van der Waals surface area contributed by atoms with Gasteiger partial charge in [-0.25, -0.2) is 4.98 Å². The lowest BCUT2D eigenvalue weighted by Crippen LogP contribution is -2.22. The van der Waals surface area contributed by atoms with Crippen molar-refractivity contribution in [3.63, 3.8) is 0 Å². The molecule has 4 nitrogen and oxygen atoms in total. The highest BCUT2D eigenvalue weighted by Gasteiger charge is 2.19. The first-order chi connectivity index (χ1) is 8.83. The Morgan fingerprint density at radius 1 is 1.22 bits per heavy atom. The molecule has 0 radical (unpaired) electrons. The monoisotopic (exact) mass is 248 g/mol. The maximum Gasteiger partial charge on any atom is 0.254 e. The summed E-state index contributed by atoms with van der Waals surface area (Å²) in [7, 11) is 0. The van der Waals surface area contributed by atoms with Crippen molar-refractivity contribution in [2.24, 2.45) is 0 Å². The summed E-state index contributed by atoms with van der Waals surface area (Å²) < 4.78 is 5.60. The third-order valence-electron chi connectivity index (χ3n) is 3.94. The van der Waals surface area contributed by atoms with Crippen molar-refractivity contribution in [1.29, 1.82) is 0 Å². The highest BCUT2D eigenvalue weighted by atomic mass is 16.5. The summed E-state index contributed by atoms with van der Waals surface area (Å²) in [5, 5.41) is 0. The molecule has 0 bridgehead atoms. The zero-order chi connectivity index (χ0) is 12.4. The third kappa shape index (κ3) is 2.48. The minimum absolute atomic E-state index is 0.0786. The second kappa shape index (κ2) is 5.22. The number of H-pyrrole nitrogens is 1. The molecule has 0 spiro atoms. The van der Waals surface area contributed by atoms with Crippen LogP contribution in [0.4, 0.5) is 0 Å². The SMILES string of the molecule is O=c1[nH]c(CC2CCCO2)nc2c1CCCCC2. The van der Waals surface area contributed by atoms with Gasteiger partial charge in [-0.2, -0.15) is 0 Å². The number of ether oxygens (including phenoxy) is 1. The molecule has 0 saturated carbocycles. The molecule has 1 fully saturated rings. The number of aromatic nitrogens is 2. The standard InChI is InChI=1S/C14H20N2O2/c17-14-11-6-2-1-3-7-12(11)15-13(16-14)9-10-5-4-8-18-10/h10H,1-9H2,(H,15,16,17). The van der Waals surface area contributed by atoms with E-state index in [0.717, 1.165) is 68.6 Å². The largest absolute Gasteiger partial charge is 0.378 e. The first kappa shape index (κ1) is 11.9. The summed E-state index contributed by atoms with van der Waals surface area (Å²) in [4.78, 5) is 19.7. The number of rotatable bonds is 2. The summed E-state index contributed by atoms with van der Waals surface area (Å²) in [5.41, 5.74) is 2.03. The molecule has 1 N–H and O–H groups in total. The first-order valence-electron chi connectivity index (χ1n) is 7.05. The van der Waals surface area contributed by atoms with E-state index in [1.165, 1.54) is 6.42 Å². The molecular weight excluding hydrogens is 228 g/mol. The predicted octanol–water partition coefficient (Wildman–Crippen LogP) is 1.76. The number of nitrogens with one attached hydrogen (secondary N) is 1. The highest BCUT2D eigenvalue weighted by Crippen LogP contribution is 2.18. The highest BCUT2D eigenvalue weighted by molar-refractivity contribution is 5.19. The Hall–Kier alpha value is -1.16. The van der Waals surface area contributed by atoms with Gasteiger partial charge in [-0.1, -0.05) is 6.42 Å². The average molecular weight is 248 g/mol. The minimum atomic E-state index is 0.0786. The normalized spacial score (nSPS) is 23.7. The van der Waals surface area contributed by atoms with Gasteiger partial charge in [0.25, 0.3) is 5.56 Å². The van der Waals surface area contributed by atoms with Crippen LogP contribution in [0, 0.1) is 0 Å². The van der Waals surface area contributed by atoms with Crippen molar-refractivity contribution in [1.82, 2.24) is 9.97 Å². The molecule has 2 aliphatic rings. The van der Waals surface area contributed by atoms with Gasteiger partial charge in [0.2, 0.25) is 0 Å². The van der Waals surface area contributed by atoms with Gasteiger partial charge in [0.1, 0.15) is 5.82 Å². The van der Waals surface area contributed by atoms with Crippen LogP contribution in [0.3, 0.4) is 0 Å². The second-order valence-electron chi connectivity index (χ2n) is 5.34. The van der Waals surface area contributed by atoms with E-state index < -0.39 is 0 Å². The fourth-order valence-corrected chi connectivity index (χ4v) is 2.95. The van der Waals surface area contributed by atoms with Crippen LogP contribution in [-0.4, -0.2) is 22.7 Å². The Bertz CT molecular complexity index is 475. The Kier molecular flexibility index (Phi) is 3.46. The lowest BCUT2D eigenvalue weighted by atomic mass is 10.1. The van der Waals surface area contributed by atoms with E-state index in [1.807, 2.05) is 0 Å². The molecule has 2 heterocycles. The van der Waals surface area contributed by atoms with Crippen LogP contribution < -0.4 is 5.56 Å². The number of hydrogen-bond donors (Lipinski definition) is 1. The Morgan fingerprint density at radius 3 is 2.94 bits per heavy atom. The van der Waals surface area contributed by atoms with E-state index in [9.17, 15) is 4.79 Å². The molecule has 0 aromatic carbocycles. The second-order valence-corrected chi connectivity index (χ2v) is 5.34. The zero-order valence-electron chi connectivity index (χ0n) is 10.7. The minimum Gasteiger partial charge on any atom is -0.378 e. The molecule has 1 atom stereocenters. The van der Waals surface area contributed by atoms with Gasteiger partial charge in [0, 0.05) is 18.6 Å². The molecule has 1 unspecified atom stereocenters. The molecule has 1 aliphatic heterocycles. The molecule has 4 heteroatoms. The van der Waals surface area contributed by atoms with Crippen LogP contribution >= 0.6 is 0 Å². The number of aryl methyl sites for hydroxylation is 1. The molecule has 18 heavy (non-hydrogen) atoms. The fraction of sp³-hybridized carbons (Fsp3) is 0.714. The summed E-state index contributed by atoms with van der Waals surface area (Å²) in [6, 6.07) is 0. The van der Waals surface area contributed by atoms with Gasteiger partial charge in [0.15, 0.2) is 0 Å². The van der Waals surface area contributed by atoms with Crippen LogP contribution in [0.1, 0.15) is 49.2 Å². The topological polar surface area (TPSA) is 55.0 Å². The number of fused-ring (bicyclic) bond motifs is 1. The van der Waals surface area contributed by atoms with Gasteiger partial charge in [-0.15, -0.1) is 0 Å². The Labute approximate surface area is 107 Å². The molecule has 98 valence electrons. The molecule has 1 saturated heterocycles. The zero-order valence-corrected chi connectivity index (χ0v) is 10.7. The lowest BCUT2D eigenvalue weighted by Gasteiger charge is -2.11. The van der Waals surface area contributed by atoms with Gasteiger partial charge in [-0.05, 0) is 38.5 Å². The average Bonchev–Trinajstić information content (AvgIpc) is 2.73. The van der Waals surface area contributed by atoms with E-state index in [4.69, 9.17) is 4.74 Å². The quantitative estimate of drug-likeness (QED) is 0.811. The number of aromatic amines is 1. The third-order valence-corrected chi connectivity index (χ3v) is 3.94. The van der Waals surface area contributed by atoms with Gasteiger partial charge >= 0.3 is 0 Å². The fourth-order valence-electron chi connectivity index (χ4n) is 2.95. The first-order valence-corrected chi connectivity index (χ1v) is 7.05. The van der Waals surface area contributed by atoms with Crippen molar-refractivity contribution in [2.45, 2.75) is 57.5 Å². The van der Waals surface area contributed by atoms with E-state index in [0.29, 0.717) is 0 Å². The van der Waals surface area contributed by atoms with Crippen molar-refractivity contribution in [3.05, 3.63) is 27.4 Å². The van der Waals surface area contributed by atoms with E-state index >= 15 is 0 Å². The molecule has 3 rings (SSSR count). The van der Waals surface area contributed by atoms with Crippen LogP contribution in [0.25, 0.3) is 0 Å². The van der Waals surface area contributed by atoms with Crippen molar-refractivity contribution in [3.8, 4) is 0 Å². The van der Waals surface area contributed by atoms with Crippen LogP contribution in [0.5, 0.6) is 0 Å². The number of nitrogens with zero attached hydrogens (tertiary/aromatic N) is 1. The lowest BCUT2D eigenvalue weighted by molar-refractivity contribution is 0.109. The molecule has 1 aromatic heterocycles. The van der Waals surface area contributed by atoms with E-state index in [-0.39, 0.29) is 11.7 Å². The maximum absolute atomic E-state index is 12.1.